The minimum absolute atomic E-state index is 0.248. The number of fused-ring (bicyclic) bond motifs is 1. The van der Waals surface area contributed by atoms with E-state index in [0.717, 1.165) is 92.2 Å². The second-order valence-corrected chi connectivity index (χ2v) is 15.4. The molecule has 2 aliphatic heterocycles. The molecule has 0 bridgehead atoms. The number of imide groups is 1. The summed E-state index contributed by atoms with van der Waals surface area (Å²) < 4.78 is 6.56. The molecule has 256 valence electrons. The summed E-state index contributed by atoms with van der Waals surface area (Å²) in [5.74, 6) is -0.238. The van der Waals surface area contributed by atoms with E-state index in [0.29, 0.717) is 42.7 Å². The zero-order valence-corrected chi connectivity index (χ0v) is 29.7. The Bertz CT molecular complexity index is 1580. The van der Waals surface area contributed by atoms with Crippen LogP contribution in [-0.2, 0) is 16.0 Å². The summed E-state index contributed by atoms with van der Waals surface area (Å²) in [5.41, 5.74) is 0.754. The maximum absolute atomic E-state index is 14.5. The van der Waals surface area contributed by atoms with Crippen molar-refractivity contribution in [2.24, 2.45) is 11.3 Å². The van der Waals surface area contributed by atoms with Crippen LogP contribution in [0.2, 0.25) is 0 Å². The number of nitrogens with zero attached hydrogens (tertiary/aromatic N) is 2. The predicted octanol–water partition coefficient (Wildman–Crippen LogP) is 6.95. The Kier molecular flexibility index (Phi) is 11.2. The minimum Gasteiger partial charge on any atom is -0.381 e. The topological polar surface area (TPSA) is 91.0 Å². The summed E-state index contributed by atoms with van der Waals surface area (Å²) in [5, 5.41) is 8.24. The lowest BCUT2D eigenvalue weighted by atomic mass is 9.81. The third-order valence-corrected chi connectivity index (χ3v) is 11.3. The van der Waals surface area contributed by atoms with E-state index in [2.05, 4.69) is 38.4 Å². The first kappa shape index (κ1) is 34.6. The van der Waals surface area contributed by atoms with Gasteiger partial charge in [0.25, 0.3) is 11.8 Å². The third-order valence-electron chi connectivity index (χ3n) is 10.8. The molecule has 1 aliphatic carbocycles. The summed E-state index contributed by atoms with van der Waals surface area (Å²) in [4.78, 5) is 46.0. The van der Waals surface area contributed by atoms with E-state index in [4.69, 9.17) is 4.74 Å². The zero-order valence-electron chi connectivity index (χ0n) is 28.1. The van der Waals surface area contributed by atoms with Crippen LogP contribution in [0.3, 0.4) is 0 Å². The molecular weight excluding hydrogens is 668 g/mol. The summed E-state index contributed by atoms with van der Waals surface area (Å²) in [6, 6.07) is 21.1. The number of piperidine rings is 1. The van der Waals surface area contributed by atoms with E-state index in [1.807, 2.05) is 60.7 Å². The van der Waals surface area contributed by atoms with Gasteiger partial charge in [-0.05, 0) is 110 Å². The molecule has 0 atom stereocenters. The summed E-state index contributed by atoms with van der Waals surface area (Å²) in [7, 11) is 0. The molecule has 0 aromatic heterocycles. The van der Waals surface area contributed by atoms with Gasteiger partial charge in [-0.25, -0.2) is 4.79 Å². The number of hydrogen-bond acceptors (Lipinski definition) is 5. The van der Waals surface area contributed by atoms with E-state index >= 15 is 0 Å². The number of urea groups is 1. The van der Waals surface area contributed by atoms with E-state index in [1.54, 1.807) is 6.07 Å². The lowest BCUT2D eigenvalue weighted by Gasteiger charge is -2.41. The van der Waals surface area contributed by atoms with Crippen LogP contribution in [0.5, 0.6) is 0 Å². The second kappa shape index (κ2) is 15.5. The molecule has 3 aliphatic rings. The van der Waals surface area contributed by atoms with Gasteiger partial charge < -0.3 is 20.3 Å². The largest absolute Gasteiger partial charge is 0.381 e. The molecule has 1 saturated carbocycles. The van der Waals surface area contributed by atoms with Crippen LogP contribution in [-0.4, -0.2) is 79.1 Å². The van der Waals surface area contributed by atoms with Crippen LogP contribution >= 0.6 is 15.9 Å². The predicted molar refractivity (Wildman–Crippen MR) is 193 cm³/mol. The maximum Gasteiger partial charge on any atom is 0.324 e. The Balaban J connectivity index is 1.12. The summed E-state index contributed by atoms with van der Waals surface area (Å²) in [6.07, 6.45) is 7.46. The molecule has 48 heavy (non-hydrogen) atoms. The number of benzene rings is 3. The number of ether oxygens (including phenoxy) is 1. The van der Waals surface area contributed by atoms with E-state index in [9.17, 15) is 14.4 Å². The number of likely N-dealkylation sites (tertiary alicyclic amines) is 1. The lowest BCUT2D eigenvalue weighted by Crippen LogP contribution is -2.61. The van der Waals surface area contributed by atoms with Crippen molar-refractivity contribution in [3.63, 3.8) is 0 Å². The maximum atomic E-state index is 14.5. The molecule has 3 aromatic carbocycles. The number of nitrogens with one attached hydrogen (secondary N) is 2. The van der Waals surface area contributed by atoms with Crippen molar-refractivity contribution in [1.82, 2.24) is 20.4 Å². The average molecular weight is 718 g/mol. The van der Waals surface area contributed by atoms with Crippen molar-refractivity contribution in [2.45, 2.75) is 70.3 Å². The number of carbonyl (C=O) groups excluding carboxylic acids is 3. The normalized spacial score (nSPS) is 19.5. The lowest BCUT2D eigenvalue weighted by molar-refractivity contribution is -0.134. The first-order valence-electron chi connectivity index (χ1n) is 17.7. The number of carbonyl (C=O) groups is 3. The monoisotopic (exact) mass is 716 g/mol. The molecule has 0 radical (unpaired) electrons. The molecule has 6 rings (SSSR count). The van der Waals surface area contributed by atoms with Gasteiger partial charge in [0.2, 0.25) is 0 Å². The zero-order chi connectivity index (χ0) is 33.6. The van der Waals surface area contributed by atoms with Crippen LogP contribution in [0.1, 0.15) is 74.2 Å². The molecule has 8 nitrogen and oxygen atoms in total. The average Bonchev–Trinajstić information content (AvgIpc) is 3.58. The van der Waals surface area contributed by atoms with Gasteiger partial charge in [-0.3, -0.25) is 14.5 Å². The summed E-state index contributed by atoms with van der Waals surface area (Å²) in [6.45, 7) is 8.02. The van der Waals surface area contributed by atoms with Gasteiger partial charge in [-0.15, -0.1) is 0 Å². The minimum atomic E-state index is -1.12. The van der Waals surface area contributed by atoms with Crippen LogP contribution in [0.25, 0.3) is 10.8 Å². The van der Waals surface area contributed by atoms with Gasteiger partial charge in [0, 0.05) is 42.9 Å². The molecule has 3 aromatic rings. The third kappa shape index (κ3) is 8.47. The van der Waals surface area contributed by atoms with E-state index in [-0.39, 0.29) is 24.4 Å². The van der Waals surface area contributed by atoms with Gasteiger partial charge >= 0.3 is 6.03 Å². The van der Waals surface area contributed by atoms with Crippen molar-refractivity contribution < 1.29 is 19.1 Å². The Labute approximate surface area is 293 Å². The van der Waals surface area contributed by atoms with Gasteiger partial charge in [-0.1, -0.05) is 78.2 Å². The van der Waals surface area contributed by atoms with E-state index < -0.39 is 5.54 Å². The van der Waals surface area contributed by atoms with Crippen molar-refractivity contribution in [3.8, 4) is 0 Å². The smallest absolute Gasteiger partial charge is 0.324 e. The Morgan fingerprint density at radius 2 is 1.60 bits per heavy atom. The SMILES string of the molecule is CC1(CN2CCC(CNC(=O)N(CCc3ccccc3)C(=O)C3(NC(=O)c4ccc5cc(Br)ccc5c4)CCCC3)CC2)CCOCC1. The molecule has 2 N–H and O–H groups in total. The molecule has 0 spiro atoms. The number of hydrogen-bond donors (Lipinski definition) is 2. The van der Waals surface area contributed by atoms with Gasteiger partial charge in [0.15, 0.2) is 0 Å². The Morgan fingerprint density at radius 3 is 2.33 bits per heavy atom. The quantitative estimate of drug-likeness (QED) is 0.237. The molecule has 4 amide bonds. The Hall–Kier alpha value is -3.27. The van der Waals surface area contributed by atoms with Crippen molar-refractivity contribution in [3.05, 3.63) is 82.3 Å². The molecular formula is C39H49BrN4O4. The fourth-order valence-corrected chi connectivity index (χ4v) is 8.07. The molecule has 2 heterocycles. The highest BCUT2D eigenvalue weighted by Crippen LogP contribution is 2.34. The second-order valence-electron chi connectivity index (χ2n) is 14.5. The van der Waals surface area contributed by atoms with E-state index in [1.165, 1.54) is 4.90 Å². The first-order valence-corrected chi connectivity index (χ1v) is 18.5. The van der Waals surface area contributed by atoms with Crippen LogP contribution in [0, 0.1) is 11.3 Å². The highest BCUT2D eigenvalue weighted by molar-refractivity contribution is 9.10. The Morgan fingerprint density at radius 1 is 0.917 bits per heavy atom. The number of halogens is 1. The molecule has 9 heteroatoms. The van der Waals surface area contributed by atoms with Crippen molar-refractivity contribution >= 4 is 44.5 Å². The molecule has 2 saturated heterocycles. The molecule has 3 fully saturated rings. The fourth-order valence-electron chi connectivity index (χ4n) is 7.70. The van der Waals surface area contributed by atoms with Gasteiger partial charge in [-0.2, -0.15) is 0 Å². The van der Waals surface area contributed by atoms with Crippen LogP contribution in [0.4, 0.5) is 4.79 Å². The van der Waals surface area contributed by atoms with Crippen molar-refractivity contribution in [1.29, 1.82) is 0 Å². The number of rotatable bonds is 10. The number of amides is 4. The summed E-state index contributed by atoms with van der Waals surface area (Å²) >= 11 is 3.51. The highest BCUT2D eigenvalue weighted by Gasteiger charge is 2.46. The fraction of sp³-hybridized carbons (Fsp3) is 0.513. The highest BCUT2D eigenvalue weighted by atomic mass is 79.9. The van der Waals surface area contributed by atoms with Crippen LogP contribution in [0.15, 0.2) is 71.2 Å². The van der Waals surface area contributed by atoms with Gasteiger partial charge in [0.05, 0.1) is 0 Å². The van der Waals surface area contributed by atoms with Crippen molar-refractivity contribution in [2.75, 3.05) is 45.9 Å². The molecule has 0 unspecified atom stereocenters. The van der Waals surface area contributed by atoms with Crippen LogP contribution < -0.4 is 10.6 Å². The first-order chi connectivity index (χ1) is 23.2. The van der Waals surface area contributed by atoms with Gasteiger partial charge in [0.1, 0.15) is 5.54 Å². The standard InChI is InChI=1S/C39H49BrN4O4/c1-38(18-23-48-24-19-38)28-43-20-13-30(14-21-43)27-41-37(47)44(22-15-29-7-3-2-4-8-29)36(46)39(16-5-6-17-39)42-35(45)33-10-9-32-26-34(40)12-11-31(32)25-33/h2-4,7-12,25-26,30H,5-6,13-24,27-28H2,1H3,(H,41,47)(H,42,45).